The monoisotopic (exact) mass is 743 g/mol. The molecule has 3 aromatic rings. The van der Waals surface area contributed by atoms with E-state index in [1.54, 1.807) is 41.4 Å². The number of benzene rings is 2. The summed E-state index contributed by atoms with van der Waals surface area (Å²) in [4.78, 5) is 71.6. The Morgan fingerprint density at radius 3 is 2.45 bits per heavy atom. The second kappa shape index (κ2) is 16.7. The van der Waals surface area contributed by atoms with Gasteiger partial charge in [0.2, 0.25) is 17.7 Å². The number of fused-ring (bicyclic) bond motifs is 1. The van der Waals surface area contributed by atoms with Crippen LogP contribution in [0.4, 0.5) is 16.2 Å². The van der Waals surface area contributed by atoms with Crippen LogP contribution < -0.4 is 25.0 Å². The molecule has 0 bridgehead atoms. The number of carbonyl (C=O) groups is 5. The summed E-state index contributed by atoms with van der Waals surface area (Å²) < 4.78 is 17.1. The van der Waals surface area contributed by atoms with Gasteiger partial charge in [-0.2, -0.15) is 5.26 Å². The van der Waals surface area contributed by atoms with Gasteiger partial charge in [-0.05, 0) is 55.8 Å². The van der Waals surface area contributed by atoms with E-state index in [1.807, 2.05) is 13.0 Å². The van der Waals surface area contributed by atoms with E-state index in [-0.39, 0.29) is 36.0 Å². The number of ether oxygens (including phenoxy) is 3. The lowest BCUT2D eigenvalue weighted by Gasteiger charge is -2.41. The maximum atomic E-state index is 13.0. The number of aromatic nitrogens is 1. The van der Waals surface area contributed by atoms with Crippen LogP contribution in [0.3, 0.4) is 0 Å². The second-order valence-corrected chi connectivity index (χ2v) is 13.2. The lowest BCUT2D eigenvalue weighted by atomic mass is 10.0. The lowest BCUT2D eigenvalue weighted by molar-refractivity contribution is -0.136. The van der Waals surface area contributed by atoms with Gasteiger partial charge in [0.25, 0.3) is 11.8 Å². The normalized spacial score (nSPS) is 18.4. The summed E-state index contributed by atoms with van der Waals surface area (Å²) in [6.07, 6.45) is 2.91. The highest BCUT2D eigenvalue weighted by molar-refractivity contribution is 6.32. The summed E-state index contributed by atoms with van der Waals surface area (Å²) in [6, 6.07) is 14.3. The predicted molar refractivity (Wildman–Crippen MR) is 192 cm³/mol. The number of nitrogens with one attached hydrogen (secondary N) is 2. The van der Waals surface area contributed by atoms with E-state index in [4.69, 9.17) is 31.1 Å². The summed E-state index contributed by atoms with van der Waals surface area (Å²) >= 11 is 6.22. The van der Waals surface area contributed by atoms with E-state index < -0.39 is 29.7 Å². The first-order chi connectivity index (χ1) is 25.6. The number of piperidine rings is 1. The number of hydrogen-bond donors (Lipinski definition) is 2. The van der Waals surface area contributed by atoms with Crippen LogP contribution in [0.5, 0.6) is 11.6 Å². The van der Waals surface area contributed by atoms with Crippen LogP contribution in [0.15, 0.2) is 54.7 Å². The molecule has 2 fully saturated rings. The fourth-order valence-electron chi connectivity index (χ4n) is 6.37. The Morgan fingerprint density at radius 2 is 1.75 bits per heavy atom. The Hall–Kier alpha value is -5.72. The number of amides is 6. The number of rotatable bonds is 13. The van der Waals surface area contributed by atoms with Crippen LogP contribution >= 0.6 is 11.6 Å². The van der Waals surface area contributed by atoms with Crippen LogP contribution in [0, 0.1) is 11.3 Å². The number of halogens is 1. The first kappa shape index (κ1) is 37.1. The van der Waals surface area contributed by atoms with Crippen LogP contribution in [0.25, 0.3) is 0 Å². The quantitative estimate of drug-likeness (QED) is 0.191. The molecule has 0 radical (unpaired) electrons. The Morgan fingerprint density at radius 1 is 0.981 bits per heavy atom. The molecule has 2 saturated heterocycles. The topological polar surface area (TPSA) is 184 Å². The van der Waals surface area contributed by atoms with Gasteiger partial charge < -0.3 is 29.3 Å². The molecule has 1 aromatic heterocycles. The minimum Gasteiger partial charge on any atom is -0.493 e. The Bertz CT molecular complexity index is 1930. The van der Waals surface area contributed by atoms with Gasteiger partial charge in [-0.3, -0.25) is 29.4 Å². The molecule has 3 aliphatic rings. The minimum absolute atomic E-state index is 0.0465. The Kier molecular flexibility index (Phi) is 11.7. The average Bonchev–Trinajstić information content (AvgIpc) is 3.39. The van der Waals surface area contributed by atoms with Gasteiger partial charge >= 0.3 is 6.03 Å². The number of urea groups is 1. The molecular formula is C37H38ClN7O8. The fraction of sp³-hybridized carbons (Fsp3) is 0.378. The Balaban J connectivity index is 0.839. The summed E-state index contributed by atoms with van der Waals surface area (Å²) in [5.74, 6) is -1.39. The largest absolute Gasteiger partial charge is 0.493 e. The van der Waals surface area contributed by atoms with Crippen molar-refractivity contribution in [1.82, 2.24) is 20.1 Å². The number of nitriles is 1. The molecule has 0 aliphatic carbocycles. The maximum absolute atomic E-state index is 13.0. The van der Waals surface area contributed by atoms with Gasteiger partial charge in [0.15, 0.2) is 0 Å². The number of imide groups is 2. The van der Waals surface area contributed by atoms with E-state index in [2.05, 4.69) is 26.6 Å². The molecule has 2 N–H and O–H groups in total. The van der Waals surface area contributed by atoms with Crippen molar-refractivity contribution in [1.29, 1.82) is 5.26 Å². The SMILES string of the molecule is C[C@H]1CN(C(=O)Nc2ccc(OCCCOCCCOc3ccc4c(c3)C(=O)N(C3CCC(=O)NC3=O)C4=O)nc2)CCN1c1ccc(C#N)c(Cl)c1. The third-order valence-electron chi connectivity index (χ3n) is 9.10. The summed E-state index contributed by atoms with van der Waals surface area (Å²) in [5.41, 5.74) is 2.25. The van der Waals surface area contributed by atoms with Crippen molar-refractivity contribution in [2.24, 2.45) is 0 Å². The molecule has 2 aromatic carbocycles. The summed E-state index contributed by atoms with van der Waals surface area (Å²) in [5, 5.41) is 14.6. The van der Waals surface area contributed by atoms with Crippen molar-refractivity contribution < 1.29 is 38.2 Å². The number of piperazine rings is 1. The zero-order valence-corrected chi connectivity index (χ0v) is 29.8. The number of hydrogen-bond acceptors (Lipinski definition) is 11. The molecule has 6 rings (SSSR count). The smallest absolute Gasteiger partial charge is 0.322 e. The van der Waals surface area contributed by atoms with Gasteiger partial charge in [-0.1, -0.05) is 11.6 Å². The molecule has 4 heterocycles. The molecule has 15 nitrogen and oxygen atoms in total. The number of nitrogens with zero attached hydrogens (tertiary/aromatic N) is 5. The molecule has 0 saturated carbocycles. The zero-order valence-electron chi connectivity index (χ0n) is 29.0. The molecular weight excluding hydrogens is 706 g/mol. The van der Waals surface area contributed by atoms with Crippen LogP contribution in [0.1, 0.15) is 58.9 Å². The number of pyridine rings is 1. The van der Waals surface area contributed by atoms with Crippen molar-refractivity contribution in [2.45, 2.75) is 44.7 Å². The summed E-state index contributed by atoms with van der Waals surface area (Å²) in [7, 11) is 0. The highest BCUT2D eigenvalue weighted by Gasteiger charge is 2.44. The lowest BCUT2D eigenvalue weighted by Crippen LogP contribution is -2.54. The third-order valence-corrected chi connectivity index (χ3v) is 9.42. The van der Waals surface area contributed by atoms with E-state index in [0.29, 0.717) is 86.8 Å². The maximum Gasteiger partial charge on any atom is 0.322 e. The molecule has 2 atom stereocenters. The van der Waals surface area contributed by atoms with Gasteiger partial charge in [0, 0.05) is 69.9 Å². The molecule has 53 heavy (non-hydrogen) atoms. The molecule has 16 heteroatoms. The minimum atomic E-state index is -1.02. The Labute approximate surface area is 310 Å². The average molecular weight is 744 g/mol. The van der Waals surface area contributed by atoms with Gasteiger partial charge in [-0.25, -0.2) is 9.78 Å². The molecule has 3 aliphatic heterocycles. The van der Waals surface area contributed by atoms with Crippen molar-refractivity contribution in [3.05, 3.63) is 76.4 Å². The van der Waals surface area contributed by atoms with Crippen LogP contribution in [0.2, 0.25) is 5.02 Å². The van der Waals surface area contributed by atoms with Crippen molar-refractivity contribution in [3.8, 4) is 17.7 Å². The number of carbonyl (C=O) groups excluding carboxylic acids is 5. The predicted octanol–water partition coefficient (Wildman–Crippen LogP) is 4.01. The van der Waals surface area contributed by atoms with Crippen LogP contribution in [-0.4, -0.2) is 103 Å². The second-order valence-electron chi connectivity index (χ2n) is 12.8. The fourth-order valence-corrected chi connectivity index (χ4v) is 6.59. The third kappa shape index (κ3) is 8.67. The van der Waals surface area contributed by atoms with E-state index in [9.17, 15) is 24.0 Å². The molecule has 1 unspecified atom stereocenters. The first-order valence-electron chi connectivity index (χ1n) is 17.3. The van der Waals surface area contributed by atoms with E-state index in [1.165, 1.54) is 12.1 Å². The summed E-state index contributed by atoms with van der Waals surface area (Å²) in [6.45, 7) is 5.31. The van der Waals surface area contributed by atoms with E-state index >= 15 is 0 Å². The van der Waals surface area contributed by atoms with Gasteiger partial charge in [-0.15, -0.1) is 0 Å². The van der Waals surface area contributed by atoms with Crippen molar-refractivity contribution in [2.75, 3.05) is 56.3 Å². The standard InChI is InChI=1S/C37H38ClN7O8/c1-23-22-43(12-13-44(23)26-6-4-24(20-39)30(38)18-26)37(50)41-25-5-11-33(40-21-25)53-17-3-15-51-14-2-16-52-27-7-8-28-29(19-27)36(49)45(35(28)48)31-9-10-32(46)42-34(31)47/h4-8,11,18-19,21,23,31H,2-3,9-10,12-17,22H2,1H3,(H,41,50)(H,42,46,47)/t23-,31?/m0/s1. The van der Waals surface area contributed by atoms with Crippen molar-refractivity contribution >= 4 is 52.6 Å². The first-order valence-corrected chi connectivity index (χ1v) is 17.7. The molecule has 6 amide bonds. The van der Waals surface area contributed by atoms with Gasteiger partial charge in [0.1, 0.15) is 17.9 Å². The molecule has 0 spiro atoms. The van der Waals surface area contributed by atoms with Crippen LogP contribution in [-0.2, 0) is 14.3 Å². The van der Waals surface area contributed by atoms with Gasteiger partial charge in [0.05, 0.1) is 46.8 Å². The zero-order chi connectivity index (χ0) is 37.5. The highest BCUT2D eigenvalue weighted by atomic mass is 35.5. The number of anilines is 2. The highest BCUT2D eigenvalue weighted by Crippen LogP contribution is 2.31. The molecule has 276 valence electrons. The van der Waals surface area contributed by atoms with E-state index in [0.717, 1.165) is 10.6 Å². The van der Waals surface area contributed by atoms with Crippen molar-refractivity contribution in [3.63, 3.8) is 0 Å².